The molecule has 168 valence electrons. The fraction of sp³-hybridized carbons (Fsp3) is 0.480. The minimum Gasteiger partial charge on any atom is -0.495 e. The Kier molecular flexibility index (Phi) is 6.91. The lowest BCUT2D eigenvalue weighted by atomic mass is 10.0. The molecule has 2 heterocycles. The molecule has 32 heavy (non-hydrogen) atoms. The number of aromatic nitrogens is 1. The second-order valence-corrected chi connectivity index (χ2v) is 8.44. The van der Waals surface area contributed by atoms with Crippen LogP contribution in [0, 0.1) is 11.3 Å². The Balaban J connectivity index is 1.41. The number of rotatable bonds is 7. The lowest BCUT2D eigenvalue weighted by Crippen LogP contribution is -2.49. The van der Waals surface area contributed by atoms with Gasteiger partial charge >= 0.3 is 0 Å². The van der Waals surface area contributed by atoms with Crippen LogP contribution in [0.3, 0.4) is 0 Å². The highest BCUT2D eigenvalue weighted by molar-refractivity contribution is 5.93. The summed E-state index contributed by atoms with van der Waals surface area (Å²) in [6, 6.07) is 9.87. The van der Waals surface area contributed by atoms with Gasteiger partial charge in [0.15, 0.2) is 0 Å². The van der Waals surface area contributed by atoms with Gasteiger partial charge in [0.1, 0.15) is 17.6 Å². The molecule has 2 aromatic rings. The van der Waals surface area contributed by atoms with Crippen molar-refractivity contribution in [2.24, 2.45) is 0 Å². The highest BCUT2D eigenvalue weighted by atomic mass is 16.5. The average Bonchev–Trinajstić information content (AvgIpc) is 3.30. The molecule has 1 fully saturated rings. The molecule has 7 heteroatoms. The van der Waals surface area contributed by atoms with Gasteiger partial charge in [0.05, 0.1) is 24.9 Å². The van der Waals surface area contributed by atoms with Crippen LogP contribution in [-0.2, 0) is 24.1 Å². The zero-order chi connectivity index (χ0) is 22.5. The van der Waals surface area contributed by atoms with E-state index in [1.165, 1.54) is 16.8 Å². The van der Waals surface area contributed by atoms with Crippen molar-refractivity contribution in [1.82, 2.24) is 9.88 Å². The summed E-state index contributed by atoms with van der Waals surface area (Å²) >= 11 is 0. The number of carbonyl (C=O) groups excluding carboxylic acids is 1. The smallest absolute Gasteiger partial charge is 0.238 e. The van der Waals surface area contributed by atoms with E-state index in [-0.39, 0.29) is 5.91 Å². The number of hydrogen-bond acceptors (Lipinski definition) is 6. The Morgan fingerprint density at radius 1 is 1.19 bits per heavy atom. The van der Waals surface area contributed by atoms with Gasteiger partial charge in [-0.15, -0.1) is 0 Å². The van der Waals surface area contributed by atoms with E-state index in [0.717, 1.165) is 69.7 Å². The number of anilines is 2. The number of fused-ring (bicyclic) bond motifs is 1. The SMILES string of the molecule is CCCc1nc(N2CCN(CC(=O)Nc3ccccc3OC)CC2)c(C#N)c2c1CCC2. The summed E-state index contributed by atoms with van der Waals surface area (Å²) in [5.41, 5.74) is 5.16. The molecular formula is C25H31N5O2. The number of nitrogens with one attached hydrogen (secondary N) is 1. The van der Waals surface area contributed by atoms with Crippen LogP contribution in [0.5, 0.6) is 5.75 Å². The summed E-state index contributed by atoms with van der Waals surface area (Å²) in [6.07, 6.45) is 5.15. The molecule has 7 nitrogen and oxygen atoms in total. The van der Waals surface area contributed by atoms with Crippen LogP contribution >= 0.6 is 0 Å². The molecule has 1 aromatic carbocycles. The molecule has 1 amide bonds. The van der Waals surface area contributed by atoms with Crippen LogP contribution in [-0.4, -0.2) is 55.6 Å². The highest BCUT2D eigenvalue weighted by Crippen LogP contribution is 2.33. The molecule has 4 rings (SSSR count). The number of pyridine rings is 1. The number of piperazine rings is 1. The zero-order valence-electron chi connectivity index (χ0n) is 19.0. The maximum atomic E-state index is 12.6. The van der Waals surface area contributed by atoms with E-state index in [1.54, 1.807) is 7.11 Å². The predicted molar refractivity (Wildman–Crippen MR) is 125 cm³/mol. The molecule has 0 spiro atoms. The number of carbonyl (C=O) groups is 1. The minimum absolute atomic E-state index is 0.0541. The van der Waals surface area contributed by atoms with Crippen LogP contribution in [0.15, 0.2) is 24.3 Å². The molecular weight excluding hydrogens is 402 g/mol. The number of para-hydroxylation sites is 2. The van der Waals surface area contributed by atoms with E-state index in [9.17, 15) is 10.1 Å². The lowest BCUT2D eigenvalue weighted by molar-refractivity contribution is -0.117. The number of amides is 1. The van der Waals surface area contributed by atoms with Crippen molar-refractivity contribution in [3.8, 4) is 11.8 Å². The summed E-state index contributed by atoms with van der Waals surface area (Å²) < 4.78 is 5.31. The number of benzene rings is 1. The topological polar surface area (TPSA) is 81.5 Å². The van der Waals surface area contributed by atoms with Crippen molar-refractivity contribution in [3.63, 3.8) is 0 Å². The van der Waals surface area contributed by atoms with E-state index < -0.39 is 0 Å². The third kappa shape index (κ3) is 4.56. The first-order chi connectivity index (χ1) is 15.6. The Labute approximate surface area is 190 Å². The van der Waals surface area contributed by atoms with E-state index in [1.807, 2.05) is 24.3 Å². The van der Waals surface area contributed by atoms with Gasteiger partial charge in [-0.2, -0.15) is 5.26 Å². The highest BCUT2D eigenvalue weighted by Gasteiger charge is 2.28. The zero-order valence-corrected chi connectivity index (χ0v) is 19.0. The Morgan fingerprint density at radius 3 is 2.66 bits per heavy atom. The maximum absolute atomic E-state index is 12.6. The van der Waals surface area contributed by atoms with Crippen molar-refractivity contribution < 1.29 is 9.53 Å². The molecule has 1 N–H and O–H groups in total. The second-order valence-electron chi connectivity index (χ2n) is 8.44. The van der Waals surface area contributed by atoms with Crippen molar-refractivity contribution in [2.75, 3.05) is 50.1 Å². The fourth-order valence-corrected chi connectivity index (χ4v) is 4.77. The van der Waals surface area contributed by atoms with Gasteiger partial charge in [-0.05, 0) is 48.9 Å². The number of methoxy groups -OCH3 is 1. The van der Waals surface area contributed by atoms with Crippen LogP contribution in [0.1, 0.15) is 42.1 Å². The summed E-state index contributed by atoms with van der Waals surface area (Å²) in [7, 11) is 1.60. The Hall–Kier alpha value is -3.11. The molecule has 1 aromatic heterocycles. The number of hydrogen-bond donors (Lipinski definition) is 1. The fourth-order valence-electron chi connectivity index (χ4n) is 4.77. The van der Waals surface area contributed by atoms with Gasteiger partial charge in [0.25, 0.3) is 0 Å². The molecule has 0 atom stereocenters. The largest absolute Gasteiger partial charge is 0.495 e. The molecule has 1 saturated heterocycles. The van der Waals surface area contributed by atoms with Crippen LogP contribution < -0.4 is 15.0 Å². The van der Waals surface area contributed by atoms with Gasteiger partial charge in [0.2, 0.25) is 5.91 Å². The monoisotopic (exact) mass is 433 g/mol. The normalized spacial score (nSPS) is 15.8. The first-order valence-corrected chi connectivity index (χ1v) is 11.5. The van der Waals surface area contributed by atoms with Crippen LogP contribution in [0.2, 0.25) is 0 Å². The molecule has 2 aliphatic rings. The van der Waals surface area contributed by atoms with Crippen molar-refractivity contribution in [3.05, 3.63) is 46.6 Å². The third-order valence-corrected chi connectivity index (χ3v) is 6.35. The van der Waals surface area contributed by atoms with E-state index in [2.05, 4.69) is 28.1 Å². The van der Waals surface area contributed by atoms with E-state index >= 15 is 0 Å². The van der Waals surface area contributed by atoms with E-state index in [4.69, 9.17) is 9.72 Å². The molecule has 0 unspecified atom stereocenters. The Morgan fingerprint density at radius 2 is 1.94 bits per heavy atom. The number of aryl methyl sites for hydroxylation is 1. The van der Waals surface area contributed by atoms with Gasteiger partial charge in [-0.1, -0.05) is 25.5 Å². The van der Waals surface area contributed by atoms with Crippen LogP contribution in [0.4, 0.5) is 11.5 Å². The van der Waals surface area contributed by atoms with Gasteiger partial charge in [-0.25, -0.2) is 4.98 Å². The number of nitriles is 1. The number of ether oxygens (including phenoxy) is 1. The molecule has 0 bridgehead atoms. The summed E-state index contributed by atoms with van der Waals surface area (Å²) in [4.78, 5) is 21.9. The Bertz CT molecular complexity index is 1020. The predicted octanol–water partition coefficient (Wildman–Crippen LogP) is 3.16. The lowest BCUT2D eigenvalue weighted by Gasteiger charge is -2.36. The average molecular weight is 434 g/mol. The van der Waals surface area contributed by atoms with Crippen molar-refractivity contribution >= 4 is 17.4 Å². The van der Waals surface area contributed by atoms with Crippen molar-refractivity contribution in [2.45, 2.75) is 39.0 Å². The maximum Gasteiger partial charge on any atom is 0.238 e. The minimum atomic E-state index is -0.0541. The first-order valence-electron chi connectivity index (χ1n) is 11.5. The molecule has 0 radical (unpaired) electrons. The van der Waals surface area contributed by atoms with Crippen LogP contribution in [0.25, 0.3) is 0 Å². The van der Waals surface area contributed by atoms with E-state index in [0.29, 0.717) is 18.0 Å². The summed E-state index contributed by atoms with van der Waals surface area (Å²) in [6.45, 7) is 5.53. The quantitative estimate of drug-likeness (QED) is 0.722. The summed E-state index contributed by atoms with van der Waals surface area (Å²) in [5, 5.41) is 12.8. The van der Waals surface area contributed by atoms with Gasteiger partial charge in [-0.3, -0.25) is 9.69 Å². The molecule has 0 saturated carbocycles. The van der Waals surface area contributed by atoms with Gasteiger partial charge in [0, 0.05) is 31.9 Å². The molecule has 1 aliphatic carbocycles. The summed E-state index contributed by atoms with van der Waals surface area (Å²) in [5.74, 6) is 1.44. The molecule has 1 aliphatic heterocycles. The number of nitrogens with zero attached hydrogens (tertiary/aromatic N) is 4. The third-order valence-electron chi connectivity index (χ3n) is 6.35. The second kappa shape index (κ2) is 10.0. The standard InChI is InChI=1S/C25H31N5O2/c1-3-7-21-19-9-6-8-18(19)20(16-26)25(28-21)30-14-12-29(13-15-30)17-24(31)27-22-10-4-5-11-23(22)32-2/h4-5,10-11H,3,6-9,12-15,17H2,1-2H3,(H,27,31). The van der Waals surface area contributed by atoms with Crippen molar-refractivity contribution in [1.29, 1.82) is 5.26 Å². The first kappa shape index (κ1) is 22.1. The van der Waals surface area contributed by atoms with Gasteiger partial charge < -0.3 is 15.0 Å².